The third-order valence-electron chi connectivity index (χ3n) is 1.75. The SMILES string of the molecule is N#CCc1cc(C#N)c(F)cc1C=O. The average molecular weight is 188 g/mol. The van der Waals surface area contributed by atoms with Gasteiger partial charge in [-0.3, -0.25) is 4.79 Å². The minimum absolute atomic E-state index is 0.0109. The van der Waals surface area contributed by atoms with Gasteiger partial charge in [-0.15, -0.1) is 0 Å². The maximum absolute atomic E-state index is 13.0. The molecule has 1 rings (SSSR count). The molecule has 14 heavy (non-hydrogen) atoms. The topological polar surface area (TPSA) is 64.7 Å². The van der Waals surface area contributed by atoms with Gasteiger partial charge in [0, 0.05) is 5.56 Å². The van der Waals surface area contributed by atoms with Gasteiger partial charge in [0.25, 0.3) is 0 Å². The minimum Gasteiger partial charge on any atom is -0.298 e. The lowest BCUT2D eigenvalue weighted by Crippen LogP contribution is -1.96. The molecule has 0 unspecified atom stereocenters. The fourth-order valence-electron chi connectivity index (χ4n) is 1.07. The zero-order chi connectivity index (χ0) is 10.6. The molecule has 0 spiro atoms. The Labute approximate surface area is 80.0 Å². The average Bonchev–Trinajstić information content (AvgIpc) is 2.20. The summed E-state index contributed by atoms with van der Waals surface area (Å²) in [6.45, 7) is 0. The Morgan fingerprint density at radius 3 is 2.64 bits per heavy atom. The number of carbonyl (C=O) groups is 1. The number of benzene rings is 1. The molecule has 0 heterocycles. The van der Waals surface area contributed by atoms with Gasteiger partial charge in [0.2, 0.25) is 0 Å². The van der Waals surface area contributed by atoms with Crippen molar-refractivity contribution >= 4 is 6.29 Å². The van der Waals surface area contributed by atoms with E-state index in [0.29, 0.717) is 11.8 Å². The maximum Gasteiger partial charge on any atom is 0.150 e. The first kappa shape index (κ1) is 9.88. The predicted molar refractivity (Wildman–Crippen MR) is 45.8 cm³/mol. The molecule has 0 aliphatic heterocycles. The second-order valence-electron chi connectivity index (χ2n) is 2.60. The van der Waals surface area contributed by atoms with Gasteiger partial charge in [-0.05, 0) is 17.7 Å². The van der Waals surface area contributed by atoms with Crippen LogP contribution in [0.3, 0.4) is 0 Å². The van der Waals surface area contributed by atoms with Gasteiger partial charge in [0.15, 0.2) is 0 Å². The zero-order valence-electron chi connectivity index (χ0n) is 7.12. The van der Waals surface area contributed by atoms with Crippen molar-refractivity contribution in [1.82, 2.24) is 0 Å². The van der Waals surface area contributed by atoms with Crippen molar-refractivity contribution in [2.45, 2.75) is 6.42 Å². The predicted octanol–water partition coefficient (Wildman–Crippen LogP) is 1.58. The molecule has 0 aromatic heterocycles. The number of nitriles is 2. The van der Waals surface area contributed by atoms with Gasteiger partial charge in [-0.25, -0.2) is 4.39 Å². The first-order valence-electron chi connectivity index (χ1n) is 3.77. The van der Waals surface area contributed by atoms with Gasteiger partial charge in [0.1, 0.15) is 18.2 Å². The third-order valence-corrected chi connectivity index (χ3v) is 1.75. The maximum atomic E-state index is 13.0. The molecular weight excluding hydrogens is 183 g/mol. The summed E-state index contributed by atoms with van der Waals surface area (Å²) in [6.07, 6.45) is 0.458. The molecule has 0 fully saturated rings. The van der Waals surface area contributed by atoms with Crippen LogP contribution in [0.2, 0.25) is 0 Å². The molecule has 0 atom stereocenters. The smallest absolute Gasteiger partial charge is 0.150 e. The summed E-state index contributed by atoms with van der Waals surface area (Å²) >= 11 is 0. The quantitative estimate of drug-likeness (QED) is 0.661. The summed E-state index contributed by atoms with van der Waals surface area (Å²) in [5.41, 5.74) is 0.337. The van der Waals surface area contributed by atoms with Crippen molar-refractivity contribution in [1.29, 1.82) is 10.5 Å². The van der Waals surface area contributed by atoms with Crippen molar-refractivity contribution in [3.8, 4) is 12.1 Å². The Kier molecular flexibility index (Phi) is 2.93. The molecule has 3 nitrogen and oxygen atoms in total. The van der Waals surface area contributed by atoms with E-state index in [2.05, 4.69) is 0 Å². The fourth-order valence-corrected chi connectivity index (χ4v) is 1.07. The van der Waals surface area contributed by atoms with E-state index in [1.54, 1.807) is 6.07 Å². The Balaban J connectivity index is 3.35. The molecular formula is C10H5FN2O. The van der Waals surface area contributed by atoms with Crippen molar-refractivity contribution < 1.29 is 9.18 Å². The Bertz CT molecular complexity index is 454. The summed E-state index contributed by atoms with van der Waals surface area (Å²) in [5, 5.41) is 16.9. The van der Waals surface area contributed by atoms with Crippen molar-refractivity contribution in [2.75, 3.05) is 0 Å². The van der Waals surface area contributed by atoms with Crippen LogP contribution < -0.4 is 0 Å². The first-order valence-corrected chi connectivity index (χ1v) is 3.77. The lowest BCUT2D eigenvalue weighted by molar-refractivity contribution is 0.112. The fraction of sp³-hybridized carbons (Fsp3) is 0.100. The van der Waals surface area contributed by atoms with Crippen LogP contribution in [0.4, 0.5) is 4.39 Å². The highest BCUT2D eigenvalue weighted by Gasteiger charge is 2.08. The van der Waals surface area contributed by atoms with Gasteiger partial charge in [-0.2, -0.15) is 10.5 Å². The summed E-state index contributed by atoms with van der Waals surface area (Å²) in [5.74, 6) is -0.740. The molecule has 0 aliphatic carbocycles. The van der Waals surface area contributed by atoms with E-state index < -0.39 is 5.82 Å². The minimum atomic E-state index is -0.740. The highest BCUT2D eigenvalue weighted by molar-refractivity contribution is 5.78. The molecule has 0 saturated carbocycles. The van der Waals surface area contributed by atoms with Crippen LogP contribution in [0.25, 0.3) is 0 Å². The summed E-state index contributed by atoms with van der Waals surface area (Å²) in [7, 11) is 0. The second kappa shape index (κ2) is 4.15. The summed E-state index contributed by atoms with van der Waals surface area (Å²) in [4.78, 5) is 10.5. The number of halogens is 1. The summed E-state index contributed by atoms with van der Waals surface area (Å²) < 4.78 is 13.0. The molecule has 0 amide bonds. The Hall–Kier alpha value is -2.20. The number of carbonyl (C=O) groups excluding carboxylic acids is 1. The monoisotopic (exact) mass is 188 g/mol. The van der Waals surface area contributed by atoms with Crippen LogP contribution in [0.1, 0.15) is 21.5 Å². The normalized spacial score (nSPS) is 8.79. The lowest BCUT2D eigenvalue weighted by Gasteiger charge is -2.01. The molecule has 0 radical (unpaired) electrons. The second-order valence-corrected chi connectivity index (χ2v) is 2.60. The van der Waals surface area contributed by atoms with E-state index in [4.69, 9.17) is 10.5 Å². The van der Waals surface area contributed by atoms with Gasteiger partial charge in [-0.1, -0.05) is 0 Å². The molecule has 0 saturated heterocycles. The lowest BCUT2D eigenvalue weighted by atomic mass is 10.0. The number of rotatable bonds is 2. The van der Waals surface area contributed by atoms with Crippen LogP contribution in [0.15, 0.2) is 12.1 Å². The Morgan fingerprint density at radius 1 is 1.43 bits per heavy atom. The van der Waals surface area contributed by atoms with E-state index in [0.717, 1.165) is 6.07 Å². The largest absolute Gasteiger partial charge is 0.298 e. The molecule has 1 aromatic rings. The standard InChI is InChI=1S/C10H5FN2O/c11-10-4-9(6-14)7(1-2-12)3-8(10)5-13/h3-4,6H,1H2. The number of hydrogen-bond acceptors (Lipinski definition) is 3. The van der Waals surface area contributed by atoms with Gasteiger partial charge >= 0.3 is 0 Å². The highest BCUT2D eigenvalue weighted by atomic mass is 19.1. The molecule has 0 bridgehead atoms. The van der Waals surface area contributed by atoms with Crippen LogP contribution in [0, 0.1) is 28.5 Å². The van der Waals surface area contributed by atoms with Gasteiger partial charge < -0.3 is 0 Å². The molecule has 0 N–H and O–H groups in total. The number of nitrogens with zero attached hydrogens (tertiary/aromatic N) is 2. The van der Waals surface area contributed by atoms with Crippen LogP contribution in [-0.2, 0) is 6.42 Å². The summed E-state index contributed by atoms with van der Waals surface area (Å²) in [6, 6.07) is 5.68. The number of aldehydes is 1. The van der Waals surface area contributed by atoms with Crippen molar-refractivity contribution in [2.24, 2.45) is 0 Å². The third kappa shape index (κ3) is 1.75. The highest BCUT2D eigenvalue weighted by Crippen LogP contribution is 2.14. The van der Waals surface area contributed by atoms with Crippen molar-refractivity contribution in [3.63, 3.8) is 0 Å². The number of hydrogen-bond donors (Lipinski definition) is 0. The first-order chi connectivity index (χ1) is 6.72. The van der Waals surface area contributed by atoms with Crippen LogP contribution in [-0.4, -0.2) is 6.29 Å². The zero-order valence-corrected chi connectivity index (χ0v) is 7.12. The molecule has 4 heteroatoms. The molecule has 1 aromatic carbocycles. The van der Waals surface area contributed by atoms with E-state index in [1.807, 2.05) is 6.07 Å². The van der Waals surface area contributed by atoms with E-state index >= 15 is 0 Å². The Morgan fingerprint density at radius 2 is 2.14 bits per heavy atom. The van der Waals surface area contributed by atoms with Crippen LogP contribution in [0.5, 0.6) is 0 Å². The van der Waals surface area contributed by atoms with E-state index in [-0.39, 0.29) is 17.5 Å². The van der Waals surface area contributed by atoms with E-state index in [9.17, 15) is 9.18 Å². The molecule has 0 aliphatic rings. The molecule has 68 valence electrons. The van der Waals surface area contributed by atoms with Gasteiger partial charge in [0.05, 0.1) is 18.1 Å². The van der Waals surface area contributed by atoms with Crippen molar-refractivity contribution in [3.05, 3.63) is 34.6 Å². The van der Waals surface area contributed by atoms with E-state index in [1.165, 1.54) is 6.07 Å². The van der Waals surface area contributed by atoms with Crippen LogP contribution >= 0.6 is 0 Å².